The van der Waals surface area contributed by atoms with E-state index in [1.807, 2.05) is 0 Å². The Hall–Kier alpha value is 0.0300. The Bertz CT molecular complexity index is 269. The third-order valence-corrected chi connectivity index (χ3v) is 2.10. The first-order chi connectivity index (χ1) is 5.71. The van der Waals surface area contributed by atoms with Gasteiger partial charge in [0.15, 0.2) is 0 Å². The third-order valence-electron chi connectivity index (χ3n) is 1.32. The summed E-state index contributed by atoms with van der Waals surface area (Å²) < 4.78 is 40.0. The molecule has 0 aliphatic heterocycles. The minimum Gasteiger partial charge on any atom is -0.454 e. The van der Waals surface area contributed by atoms with E-state index in [2.05, 4.69) is 36.3 Å². The van der Waals surface area contributed by atoms with E-state index in [0.717, 1.165) is 6.07 Å². The van der Waals surface area contributed by atoms with Gasteiger partial charge in [-0.25, -0.2) is 0 Å². The van der Waals surface area contributed by atoms with Gasteiger partial charge in [-0.05, 0) is 19.1 Å². The van der Waals surface area contributed by atoms with E-state index in [1.165, 1.54) is 6.07 Å². The summed E-state index contributed by atoms with van der Waals surface area (Å²) in [5, 5.41) is 0. The van der Waals surface area contributed by atoms with Crippen molar-refractivity contribution in [3.8, 4) is 0 Å². The van der Waals surface area contributed by atoms with Crippen molar-refractivity contribution in [3.63, 3.8) is 0 Å². The van der Waals surface area contributed by atoms with Gasteiger partial charge in [0.1, 0.15) is 8.99 Å². The highest BCUT2D eigenvalue weighted by molar-refractivity contribution is 9.24. The molecule has 6 heteroatoms. The summed E-state index contributed by atoms with van der Waals surface area (Å²) in [4.78, 5) is 0. The summed E-state index contributed by atoms with van der Waals surface area (Å²) in [5.41, 5.74) is 0. The van der Waals surface area contributed by atoms with E-state index < -0.39 is 15.2 Å². The molecule has 0 aliphatic rings. The summed E-state index contributed by atoms with van der Waals surface area (Å²) >= 11 is 6.24. The van der Waals surface area contributed by atoms with Crippen LogP contribution in [0.3, 0.4) is 0 Å². The number of rotatable bonds is 1. The van der Waals surface area contributed by atoms with E-state index >= 15 is 0 Å². The molecule has 1 aromatic rings. The molecule has 1 nitrogen and oxygen atoms in total. The first kappa shape index (κ1) is 11.1. The van der Waals surface area contributed by atoms with Crippen LogP contribution in [0.4, 0.5) is 13.2 Å². The second kappa shape index (κ2) is 3.31. The minimum atomic E-state index is -4.43. The average molecular weight is 322 g/mol. The lowest BCUT2D eigenvalue weighted by Crippen LogP contribution is -2.03. The molecule has 0 spiro atoms. The van der Waals surface area contributed by atoms with Crippen molar-refractivity contribution in [1.82, 2.24) is 0 Å². The van der Waals surface area contributed by atoms with Crippen molar-refractivity contribution >= 4 is 31.9 Å². The fraction of sp³-hybridized carbons (Fsp3) is 0.429. The zero-order valence-electron chi connectivity index (χ0n) is 6.45. The molecule has 0 saturated heterocycles. The molecule has 0 bridgehead atoms. The Morgan fingerprint density at radius 1 is 1.15 bits per heavy atom. The van der Waals surface area contributed by atoms with Crippen LogP contribution >= 0.6 is 31.9 Å². The van der Waals surface area contributed by atoms with Crippen molar-refractivity contribution in [2.45, 2.75) is 16.3 Å². The van der Waals surface area contributed by atoms with Crippen LogP contribution in [0.25, 0.3) is 0 Å². The summed E-state index contributed by atoms with van der Waals surface area (Å²) in [5.74, 6) is -0.813. The molecule has 0 N–H and O–H groups in total. The van der Waals surface area contributed by atoms with Crippen LogP contribution in [0, 0.1) is 0 Å². The molecule has 1 aromatic heterocycles. The lowest BCUT2D eigenvalue weighted by Gasteiger charge is -2.09. The molecule has 74 valence electrons. The summed E-state index contributed by atoms with van der Waals surface area (Å²) in [6.45, 7) is 1.63. The van der Waals surface area contributed by atoms with Gasteiger partial charge in [0, 0.05) is 0 Å². The predicted octanol–water partition coefficient (Wildman–Crippen LogP) is 4.26. The molecular weight excluding hydrogens is 317 g/mol. The van der Waals surface area contributed by atoms with Crippen LogP contribution in [0.5, 0.6) is 0 Å². The quantitative estimate of drug-likeness (QED) is 0.704. The van der Waals surface area contributed by atoms with Gasteiger partial charge in [-0.1, -0.05) is 31.9 Å². The zero-order chi connectivity index (χ0) is 10.3. The molecular formula is C7H5Br2F3O. The number of alkyl halides is 5. The van der Waals surface area contributed by atoms with Crippen LogP contribution in [-0.2, 0) is 9.41 Å². The van der Waals surface area contributed by atoms with Crippen molar-refractivity contribution in [2.75, 3.05) is 0 Å². The molecule has 13 heavy (non-hydrogen) atoms. The predicted molar refractivity (Wildman–Crippen MR) is 48.9 cm³/mol. The lowest BCUT2D eigenvalue weighted by atomic mass is 10.3. The SMILES string of the molecule is CC(Br)(Br)c1ccc(C(F)(F)F)o1. The second-order valence-electron chi connectivity index (χ2n) is 2.55. The van der Waals surface area contributed by atoms with Crippen molar-refractivity contribution in [2.24, 2.45) is 0 Å². The van der Waals surface area contributed by atoms with Gasteiger partial charge < -0.3 is 4.42 Å². The highest BCUT2D eigenvalue weighted by atomic mass is 79.9. The lowest BCUT2D eigenvalue weighted by molar-refractivity contribution is -0.153. The van der Waals surface area contributed by atoms with Gasteiger partial charge in [-0.15, -0.1) is 0 Å². The van der Waals surface area contributed by atoms with Gasteiger partial charge >= 0.3 is 6.18 Å². The zero-order valence-corrected chi connectivity index (χ0v) is 9.62. The van der Waals surface area contributed by atoms with Crippen LogP contribution < -0.4 is 0 Å². The van der Waals surface area contributed by atoms with E-state index in [9.17, 15) is 13.2 Å². The maximum absolute atomic E-state index is 12.1. The molecule has 0 amide bonds. The fourth-order valence-corrected chi connectivity index (χ4v) is 1.15. The first-order valence-corrected chi connectivity index (χ1v) is 4.85. The summed E-state index contributed by atoms with van der Waals surface area (Å²) in [7, 11) is 0. The molecule has 0 atom stereocenters. The Labute approximate surface area is 89.6 Å². The highest BCUT2D eigenvalue weighted by Crippen LogP contribution is 2.40. The fourth-order valence-electron chi connectivity index (χ4n) is 0.726. The molecule has 0 aliphatic carbocycles. The smallest absolute Gasteiger partial charge is 0.449 e. The van der Waals surface area contributed by atoms with E-state index in [1.54, 1.807) is 6.92 Å². The van der Waals surface area contributed by atoms with Crippen molar-refractivity contribution in [1.29, 1.82) is 0 Å². The Morgan fingerprint density at radius 3 is 1.85 bits per heavy atom. The average Bonchev–Trinajstić information content (AvgIpc) is 2.28. The molecule has 1 heterocycles. The normalized spacial score (nSPS) is 13.4. The Kier molecular flexibility index (Phi) is 2.83. The number of halogens is 5. The van der Waals surface area contributed by atoms with E-state index in [-0.39, 0.29) is 5.76 Å². The van der Waals surface area contributed by atoms with Gasteiger partial charge in [-0.2, -0.15) is 13.2 Å². The molecule has 1 rings (SSSR count). The number of hydrogen-bond acceptors (Lipinski definition) is 1. The minimum absolute atomic E-state index is 0.180. The van der Waals surface area contributed by atoms with Crippen LogP contribution in [-0.4, -0.2) is 0 Å². The largest absolute Gasteiger partial charge is 0.454 e. The maximum Gasteiger partial charge on any atom is 0.449 e. The van der Waals surface area contributed by atoms with Crippen LogP contribution in [0.2, 0.25) is 0 Å². The maximum atomic E-state index is 12.1. The second-order valence-corrected chi connectivity index (χ2v) is 6.79. The van der Waals surface area contributed by atoms with Crippen LogP contribution in [0.1, 0.15) is 18.4 Å². The Morgan fingerprint density at radius 2 is 1.62 bits per heavy atom. The first-order valence-electron chi connectivity index (χ1n) is 3.26. The Balaban J connectivity index is 3.01. The molecule has 0 fully saturated rings. The van der Waals surface area contributed by atoms with Gasteiger partial charge in [0.25, 0.3) is 0 Å². The number of hydrogen-bond donors (Lipinski definition) is 0. The monoisotopic (exact) mass is 320 g/mol. The van der Waals surface area contributed by atoms with Gasteiger partial charge in [0.2, 0.25) is 5.76 Å². The van der Waals surface area contributed by atoms with E-state index in [0.29, 0.717) is 0 Å². The topological polar surface area (TPSA) is 13.1 Å². The molecule has 0 aromatic carbocycles. The highest BCUT2D eigenvalue weighted by Gasteiger charge is 2.36. The standard InChI is InChI=1S/C7H5Br2F3O/c1-6(8,9)4-2-3-5(13-4)7(10,11)12/h2-3H,1H3. The third kappa shape index (κ3) is 2.74. The van der Waals surface area contributed by atoms with Gasteiger partial charge in [-0.3, -0.25) is 0 Å². The number of furan rings is 1. The summed E-state index contributed by atoms with van der Waals surface area (Å²) in [6.07, 6.45) is -4.43. The van der Waals surface area contributed by atoms with Crippen molar-refractivity contribution < 1.29 is 17.6 Å². The molecule has 0 unspecified atom stereocenters. The molecule has 0 radical (unpaired) electrons. The van der Waals surface area contributed by atoms with Gasteiger partial charge in [0.05, 0.1) is 0 Å². The van der Waals surface area contributed by atoms with Crippen LogP contribution in [0.15, 0.2) is 16.5 Å². The van der Waals surface area contributed by atoms with Crippen molar-refractivity contribution in [3.05, 3.63) is 23.7 Å². The summed E-state index contributed by atoms with van der Waals surface area (Å²) in [6, 6.07) is 2.17. The van der Waals surface area contributed by atoms with E-state index in [4.69, 9.17) is 0 Å². The molecule has 0 saturated carbocycles.